The second-order valence-corrected chi connectivity index (χ2v) is 8.56. The number of hydrogen-bond acceptors (Lipinski definition) is 4. The van der Waals surface area contributed by atoms with Crippen LogP contribution in [0.3, 0.4) is 0 Å². The standard InChI is InChI=1S/C19H26ClN3O2S/c1-12(2)7-8-23-18(25)15-6-5-14(20)9-16(15)22-19(23)26-11-17(24)21-10-13(3)4/h5-6,9,12-13H,7-8,10-11H2,1-4H3,(H,21,24). The number of rotatable bonds is 8. The molecule has 142 valence electrons. The summed E-state index contributed by atoms with van der Waals surface area (Å²) in [6, 6.07) is 5.10. The Labute approximate surface area is 163 Å². The lowest BCUT2D eigenvalue weighted by molar-refractivity contribution is -0.118. The molecule has 2 rings (SSSR count). The minimum atomic E-state index is -0.0857. The van der Waals surface area contributed by atoms with E-state index in [1.54, 1.807) is 22.8 Å². The van der Waals surface area contributed by atoms with E-state index in [0.717, 1.165) is 6.42 Å². The third-order valence-electron chi connectivity index (χ3n) is 3.85. The zero-order valence-corrected chi connectivity index (χ0v) is 17.3. The highest BCUT2D eigenvalue weighted by atomic mass is 35.5. The van der Waals surface area contributed by atoms with Crippen molar-refractivity contribution in [2.45, 2.75) is 45.8 Å². The van der Waals surface area contributed by atoms with Crippen molar-refractivity contribution in [3.05, 3.63) is 33.6 Å². The Bertz CT molecular complexity index is 833. The average molecular weight is 396 g/mol. The second kappa shape index (κ2) is 9.42. The summed E-state index contributed by atoms with van der Waals surface area (Å²) in [6.07, 6.45) is 0.869. The van der Waals surface area contributed by atoms with Crippen LogP contribution in [0.1, 0.15) is 34.1 Å². The van der Waals surface area contributed by atoms with Crippen molar-refractivity contribution < 1.29 is 4.79 Å². The van der Waals surface area contributed by atoms with Crippen molar-refractivity contribution in [2.24, 2.45) is 11.8 Å². The summed E-state index contributed by atoms with van der Waals surface area (Å²) in [7, 11) is 0. The third kappa shape index (κ3) is 5.74. The number of carbonyl (C=O) groups is 1. The Morgan fingerprint density at radius 1 is 1.27 bits per heavy atom. The van der Waals surface area contributed by atoms with Gasteiger partial charge in [-0.05, 0) is 36.5 Å². The van der Waals surface area contributed by atoms with Gasteiger partial charge in [0.25, 0.3) is 5.56 Å². The molecule has 1 N–H and O–H groups in total. The lowest BCUT2D eigenvalue weighted by Gasteiger charge is -2.14. The molecule has 0 saturated heterocycles. The number of aromatic nitrogens is 2. The van der Waals surface area contributed by atoms with Gasteiger partial charge in [-0.2, -0.15) is 0 Å². The minimum absolute atomic E-state index is 0.0560. The summed E-state index contributed by atoms with van der Waals surface area (Å²) < 4.78 is 1.68. The molecule has 1 heterocycles. The van der Waals surface area contributed by atoms with Crippen molar-refractivity contribution >= 4 is 40.2 Å². The zero-order chi connectivity index (χ0) is 19.3. The van der Waals surface area contributed by atoms with Gasteiger partial charge in [0, 0.05) is 18.1 Å². The van der Waals surface area contributed by atoms with E-state index in [1.807, 2.05) is 13.8 Å². The van der Waals surface area contributed by atoms with Gasteiger partial charge in [-0.15, -0.1) is 0 Å². The molecule has 1 aromatic heterocycles. The molecule has 7 heteroatoms. The number of thioether (sulfide) groups is 1. The first-order valence-electron chi connectivity index (χ1n) is 8.87. The Morgan fingerprint density at radius 2 is 2.00 bits per heavy atom. The first-order chi connectivity index (χ1) is 12.3. The number of benzene rings is 1. The van der Waals surface area contributed by atoms with E-state index < -0.39 is 0 Å². The first-order valence-corrected chi connectivity index (χ1v) is 10.2. The van der Waals surface area contributed by atoms with Gasteiger partial charge in [0.2, 0.25) is 5.91 Å². The first kappa shape index (κ1) is 20.8. The van der Waals surface area contributed by atoms with Crippen molar-refractivity contribution in [3.63, 3.8) is 0 Å². The molecule has 1 aromatic carbocycles. The van der Waals surface area contributed by atoms with Crippen LogP contribution in [0.4, 0.5) is 0 Å². The van der Waals surface area contributed by atoms with Gasteiger partial charge in [-0.1, -0.05) is 51.1 Å². The van der Waals surface area contributed by atoms with Crippen LogP contribution in [-0.4, -0.2) is 27.8 Å². The Balaban J connectivity index is 2.30. The summed E-state index contributed by atoms with van der Waals surface area (Å²) in [5.74, 6) is 1.04. The van der Waals surface area contributed by atoms with Gasteiger partial charge in [-0.3, -0.25) is 14.2 Å². The summed E-state index contributed by atoms with van der Waals surface area (Å²) in [5, 5.41) is 4.53. The van der Waals surface area contributed by atoms with Crippen LogP contribution in [0, 0.1) is 11.8 Å². The summed E-state index contributed by atoms with van der Waals surface area (Å²) in [6.45, 7) is 9.55. The molecule has 0 aliphatic rings. The van der Waals surface area contributed by atoms with Crippen molar-refractivity contribution in [3.8, 4) is 0 Å². The molecule has 0 atom stereocenters. The maximum atomic E-state index is 12.9. The van der Waals surface area contributed by atoms with E-state index in [1.165, 1.54) is 11.8 Å². The quantitative estimate of drug-likeness (QED) is 0.542. The molecule has 0 aliphatic carbocycles. The lowest BCUT2D eigenvalue weighted by atomic mass is 10.1. The highest BCUT2D eigenvalue weighted by molar-refractivity contribution is 7.99. The summed E-state index contributed by atoms with van der Waals surface area (Å²) >= 11 is 7.33. The number of halogens is 1. The van der Waals surface area contributed by atoms with Crippen molar-refractivity contribution in [2.75, 3.05) is 12.3 Å². The largest absolute Gasteiger partial charge is 0.355 e. The maximum absolute atomic E-state index is 12.9. The highest BCUT2D eigenvalue weighted by Crippen LogP contribution is 2.21. The molecular weight excluding hydrogens is 370 g/mol. The van der Waals surface area contributed by atoms with Crippen molar-refractivity contribution in [1.29, 1.82) is 0 Å². The van der Waals surface area contributed by atoms with E-state index in [-0.39, 0.29) is 17.2 Å². The number of fused-ring (bicyclic) bond motifs is 1. The molecule has 0 bridgehead atoms. The van der Waals surface area contributed by atoms with Gasteiger partial charge in [0.05, 0.1) is 16.7 Å². The van der Waals surface area contributed by atoms with E-state index in [2.05, 4.69) is 24.1 Å². The minimum Gasteiger partial charge on any atom is -0.355 e. The van der Waals surface area contributed by atoms with Gasteiger partial charge in [-0.25, -0.2) is 4.98 Å². The average Bonchev–Trinajstić information content (AvgIpc) is 2.56. The number of hydrogen-bond donors (Lipinski definition) is 1. The number of carbonyl (C=O) groups excluding carboxylic acids is 1. The fraction of sp³-hybridized carbons (Fsp3) is 0.526. The monoisotopic (exact) mass is 395 g/mol. The SMILES string of the molecule is CC(C)CCn1c(SCC(=O)NCC(C)C)nc2cc(Cl)ccc2c1=O. The normalized spacial score (nSPS) is 11.5. The molecule has 5 nitrogen and oxygen atoms in total. The van der Waals surface area contributed by atoms with Gasteiger partial charge in [0.1, 0.15) is 0 Å². The maximum Gasteiger partial charge on any atom is 0.262 e. The topological polar surface area (TPSA) is 64.0 Å². The number of nitrogens with zero attached hydrogens (tertiary/aromatic N) is 2. The molecule has 2 aromatic rings. The Hall–Kier alpha value is -1.53. The summed E-state index contributed by atoms with van der Waals surface area (Å²) in [5.41, 5.74) is 0.478. The fourth-order valence-corrected chi connectivity index (χ4v) is 3.39. The smallest absolute Gasteiger partial charge is 0.262 e. The predicted molar refractivity (Wildman–Crippen MR) is 109 cm³/mol. The molecule has 0 saturated carbocycles. The molecule has 0 unspecified atom stereocenters. The Morgan fingerprint density at radius 3 is 2.65 bits per heavy atom. The number of nitrogens with one attached hydrogen (secondary N) is 1. The van der Waals surface area contributed by atoms with Gasteiger partial charge < -0.3 is 5.32 Å². The molecule has 0 fully saturated rings. The van der Waals surface area contributed by atoms with Crippen molar-refractivity contribution in [1.82, 2.24) is 14.9 Å². The van der Waals surface area contributed by atoms with Crippen LogP contribution in [0.15, 0.2) is 28.2 Å². The summed E-state index contributed by atoms with van der Waals surface area (Å²) in [4.78, 5) is 29.5. The van der Waals surface area contributed by atoms with E-state index in [9.17, 15) is 9.59 Å². The van der Waals surface area contributed by atoms with Crippen LogP contribution in [0.25, 0.3) is 10.9 Å². The third-order valence-corrected chi connectivity index (χ3v) is 5.06. The van der Waals surface area contributed by atoms with E-state index in [4.69, 9.17) is 11.6 Å². The lowest BCUT2D eigenvalue weighted by Crippen LogP contribution is -2.29. The molecule has 26 heavy (non-hydrogen) atoms. The van der Waals surface area contributed by atoms with Crippen LogP contribution in [0.2, 0.25) is 5.02 Å². The highest BCUT2D eigenvalue weighted by Gasteiger charge is 2.14. The van der Waals surface area contributed by atoms with Crippen LogP contribution in [0.5, 0.6) is 0 Å². The van der Waals surface area contributed by atoms with Crippen LogP contribution in [-0.2, 0) is 11.3 Å². The van der Waals surface area contributed by atoms with Crippen LogP contribution < -0.4 is 10.9 Å². The molecule has 0 aliphatic heterocycles. The molecule has 1 amide bonds. The zero-order valence-electron chi connectivity index (χ0n) is 15.7. The second-order valence-electron chi connectivity index (χ2n) is 7.18. The van der Waals surface area contributed by atoms with Gasteiger partial charge in [0.15, 0.2) is 5.16 Å². The molecule has 0 radical (unpaired) electrons. The molecule has 0 spiro atoms. The number of amides is 1. The predicted octanol–water partition coefficient (Wildman–Crippen LogP) is 3.96. The fourth-order valence-electron chi connectivity index (χ4n) is 2.37. The van der Waals surface area contributed by atoms with Gasteiger partial charge >= 0.3 is 0 Å². The van der Waals surface area contributed by atoms with E-state index in [0.29, 0.717) is 46.0 Å². The van der Waals surface area contributed by atoms with Crippen LogP contribution >= 0.6 is 23.4 Å². The Kier molecular flexibility index (Phi) is 7.53. The van der Waals surface area contributed by atoms with E-state index >= 15 is 0 Å². The molecular formula is C19H26ClN3O2S.